The van der Waals surface area contributed by atoms with Gasteiger partial charge >= 0.3 is 5.97 Å². The quantitative estimate of drug-likeness (QED) is 0.586. The van der Waals surface area contributed by atoms with Crippen molar-refractivity contribution in [1.82, 2.24) is 19.7 Å². The van der Waals surface area contributed by atoms with E-state index in [9.17, 15) is 9.59 Å². The van der Waals surface area contributed by atoms with Crippen LogP contribution < -0.4 is 5.32 Å². The predicted octanol–water partition coefficient (Wildman–Crippen LogP) is 1.60. The number of methoxy groups -OCH3 is 1. The number of amides is 1. The highest BCUT2D eigenvalue weighted by Gasteiger charge is 2.29. The summed E-state index contributed by atoms with van der Waals surface area (Å²) in [4.78, 5) is 27.4. The van der Waals surface area contributed by atoms with E-state index in [1.165, 1.54) is 30.2 Å². The molecule has 3 rings (SSSR count). The lowest BCUT2D eigenvalue weighted by Crippen LogP contribution is -2.14. The molecule has 1 aliphatic rings. The minimum absolute atomic E-state index is 0.0977. The topological polar surface area (TPSA) is 99.0 Å². The van der Waals surface area contributed by atoms with Crippen LogP contribution in [0.25, 0.3) is 0 Å². The fourth-order valence-corrected chi connectivity index (χ4v) is 3.54. The third-order valence-electron chi connectivity index (χ3n) is 3.49. The lowest BCUT2D eigenvalue weighted by Gasteiger charge is -2.03. The number of ether oxygens (including phenoxy) is 1. The standard InChI is InChI=1S/C14H17N5O3S2/c1-19-12(8-3-4-8)17-18-14(19)24-7-10(20)16-13-15-9(6-23-13)5-11(21)22-2/h6,8H,3-5,7H2,1-2H3,(H,15,16,20). The molecule has 1 saturated carbocycles. The fourth-order valence-electron chi connectivity index (χ4n) is 2.10. The van der Waals surface area contributed by atoms with Crippen LogP contribution in [0.1, 0.15) is 30.3 Å². The van der Waals surface area contributed by atoms with Crippen molar-refractivity contribution in [3.05, 3.63) is 16.9 Å². The van der Waals surface area contributed by atoms with Gasteiger partial charge in [0.15, 0.2) is 10.3 Å². The summed E-state index contributed by atoms with van der Waals surface area (Å²) in [5.41, 5.74) is 0.581. The molecule has 8 nitrogen and oxygen atoms in total. The van der Waals surface area contributed by atoms with E-state index in [0.717, 1.165) is 23.8 Å². The summed E-state index contributed by atoms with van der Waals surface area (Å²) in [5.74, 6) is 1.21. The number of rotatable bonds is 7. The lowest BCUT2D eigenvalue weighted by atomic mass is 10.3. The summed E-state index contributed by atoms with van der Waals surface area (Å²) in [6, 6.07) is 0. The van der Waals surface area contributed by atoms with Crippen molar-refractivity contribution in [3.8, 4) is 0 Å². The maximum atomic E-state index is 12.0. The summed E-state index contributed by atoms with van der Waals surface area (Å²) in [7, 11) is 3.25. The Morgan fingerprint density at radius 1 is 1.46 bits per heavy atom. The normalized spacial score (nSPS) is 13.8. The SMILES string of the molecule is COC(=O)Cc1csc(NC(=O)CSc2nnc(C3CC3)n2C)n1. The van der Waals surface area contributed by atoms with Crippen LogP contribution in [-0.4, -0.2) is 44.5 Å². The van der Waals surface area contributed by atoms with E-state index in [1.54, 1.807) is 5.38 Å². The van der Waals surface area contributed by atoms with Crippen LogP contribution >= 0.6 is 23.1 Å². The number of thioether (sulfide) groups is 1. The number of carbonyl (C=O) groups excluding carboxylic acids is 2. The number of nitrogens with zero attached hydrogens (tertiary/aromatic N) is 4. The zero-order valence-electron chi connectivity index (χ0n) is 13.3. The number of hydrogen-bond acceptors (Lipinski definition) is 8. The minimum atomic E-state index is -0.359. The van der Waals surface area contributed by atoms with Crippen molar-refractivity contribution >= 4 is 40.1 Å². The second-order valence-corrected chi connectivity index (χ2v) is 7.21. The van der Waals surface area contributed by atoms with Gasteiger partial charge in [0.25, 0.3) is 0 Å². The second-order valence-electron chi connectivity index (χ2n) is 5.41. The monoisotopic (exact) mass is 367 g/mol. The number of hydrogen-bond donors (Lipinski definition) is 1. The maximum Gasteiger partial charge on any atom is 0.311 e. The maximum absolute atomic E-state index is 12.0. The van der Waals surface area contributed by atoms with Gasteiger partial charge in [-0.3, -0.25) is 9.59 Å². The van der Waals surface area contributed by atoms with Gasteiger partial charge in [-0.15, -0.1) is 21.5 Å². The molecule has 0 spiro atoms. The van der Waals surface area contributed by atoms with Crippen LogP contribution in [0.2, 0.25) is 0 Å². The van der Waals surface area contributed by atoms with Gasteiger partial charge in [-0.05, 0) is 12.8 Å². The van der Waals surface area contributed by atoms with Gasteiger partial charge in [0.1, 0.15) is 5.82 Å². The van der Waals surface area contributed by atoms with Crippen molar-refractivity contribution in [2.45, 2.75) is 30.3 Å². The molecule has 0 bridgehead atoms. The number of aromatic nitrogens is 4. The van der Waals surface area contributed by atoms with Gasteiger partial charge in [-0.2, -0.15) is 0 Å². The van der Waals surface area contributed by atoms with E-state index in [-0.39, 0.29) is 24.1 Å². The highest BCUT2D eigenvalue weighted by atomic mass is 32.2. The smallest absolute Gasteiger partial charge is 0.311 e. The zero-order chi connectivity index (χ0) is 17.1. The van der Waals surface area contributed by atoms with Crippen molar-refractivity contribution in [2.24, 2.45) is 7.05 Å². The molecule has 1 fully saturated rings. The van der Waals surface area contributed by atoms with Gasteiger partial charge in [0.05, 0.1) is 25.0 Å². The van der Waals surface area contributed by atoms with E-state index >= 15 is 0 Å². The van der Waals surface area contributed by atoms with E-state index in [2.05, 4.69) is 25.2 Å². The molecular weight excluding hydrogens is 350 g/mol. The molecule has 1 N–H and O–H groups in total. The van der Waals surface area contributed by atoms with Crippen molar-refractivity contribution in [1.29, 1.82) is 0 Å². The average Bonchev–Trinajstić information content (AvgIpc) is 3.21. The molecule has 0 radical (unpaired) electrons. The molecule has 2 aromatic rings. The Morgan fingerprint density at radius 2 is 2.25 bits per heavy atom. The Morgan fingerprint density at radius 3 is 2.96 bits per heavy atom. The third-order valence-corrected chi connectivity index (χ3v) is 5.32. The Labute approximate surface area is 147 Å². The van der Waals surface area contributed by atoms with Gasteiger partial charge in [-0.1, -0.05) is 11.8 Å². The van der Waals surface area contributed by atoms with Crippen molar-refractivity contribution < 1.29 is 14.3 Å². The average molecular weight is 367 g/mol. The first-order valence-corrected chi connectivity index (χ1v) is 9.26. The van der Waals surface area contributed by atoms with Crippen molar-refractivity contribution in [2.75, 3.05) is 18.2 Å². The van der Waals surface area contributed by atoms with Gasteiger partial charge in [0.2, 0.25) is 5.91 Å². The van der Waals surface area contributed by atoms with Crippen LogP contribution in [0.5, 0.6) is 0 Å². The van der Waals surface area contributed by atoms with Gasteiger partial charge in [-0.25, -0.2) is 4.98 Å². The third kappa shape index (κ3) is 4.12. The molecule has 128 valence electrons. The Hall–Kier alpha value is -1.94. The number of esters is 1. The number of thiazole rings is 1. The van der Waals surface area contributed by atoms with Gasteiger partial charge in [0, 0.05) is 18.3 Å². The molecule has 0 aliphatic heterocycles. The fraction of sp³-hybridized carbons (Fsp3) is 0.500. The molecule has 0 atom stereocenters. The summed E-state index contributed by atoms with van der Waals surface area (Å²) in [5, 5.41) is 14.0. The minimum Gasteiger partial charge on any atom is -0.469 e. The van der Waals surface area contributed by atoms with E-state index in [4.69, 9.17) is 0 Å². The molecular formula is C14H17N5O3S2. The van der Waals surface area contributed by atoms with E-state index in [0.29, 0.717) is 16.7 Å². The van der Waals surface area contributed by atoms with Crippen molar-refractivity contribution in [3.63, 3.8) is 0 Å². The Kier molecular flexibility index (Phi) is 5.14. The number of nitrogens with one attached hydrogen (secondary N) is 1. The zero-order valence-corrected chi connectivity index (χ0v) is 14.9. The van der Waals surface area contributed by atoms with E-state index < -0.39 is 0 Å². The van der Waals surface area contributed by atoms with E-state index in [1.807, 2.05) is 11.6 Å². The van der Waals surface area contributed by atoms with Crippen LogP contribution in [0.4, 0.5) is 5.13 Å². The first kappa shape index (κ1) is 16.9. The van der Waals surface area contributed by atoms with Crippen LogP contribution in [0, 0.1) is 0 Å². The Bertz CT molecular complexity index is 753. The summed E-state index contributed by atoms with van der Waals surface area (Å²) in [6.45, 7) is 0. The lowest BCUT2D eigenvalue weighted by molar-refractivity contribution is -0.139. The molecule has 1 amide bonds. The molecule has 0 aromatic carbocycles. The number of anilines is 1. The molecule has 24 heavy (non-hydrogen) atoms. The van der Waals surface area contributed by atoms with Crippen LogP contribution in [0.15, 0.2) is 10.5 Å². The van der Waals surface area contributed by atoms with Crippen LogP contribution in [0.3, 0.4) is 0 Å². The predicted molar refractivity (Wildman–Crippen MR) is 90.2 cm³/mol. The Balaban J connectivity index is 1.50. The summed E-state index contributed by atoms with van der Waals surface area (Å²) in [6.07, 6.45) is 2.42. The second kappa shape index (κ2) is 7.31. The number of carbonyl (C=O) groups is 2. The molecule has 10 heteroatoms. The largest absolute Gasteiger partial charge is 0.469 e. The van der Waals surface area contributed by atoms with Gasteiger partial charge < -0.3 is 14.6 Å². The first-order valence-electron chi connectivity index (χ1n) is 7.40. The molecule has 2 heterocycles. The molecule has 0 unspecified atom stereocenters. The summed E-state index contributed by atoms with van der Waals surface area (Å²) >= 11 is 2.62. The first-order chi connectivity index (χ1) is 11.6. The molecule has 2 aromatic heterocycles. The molecule has 0 saturated heterocycles. The highest BCUT2D eigenvalue weighted by molar-refractivity contribution is 7.99. The van der Waals surface area contributed by atoms with Crippen LogP contribution in [-0.2, 0) is 27.8 Å². The molecule has 1 aliphatic carbocycles. The summed E-state index contributed by atoms with van der Waals surface area (Å²) < 4.78 is 6.54. The highest BCUT2D eigenvalue weighted by Crippen LogP contribution is 2.39.